The van der Waals surface area contributed by atoms with Crippen molar-refractivity contribution in [1.29, 1.82) is 0 Å². The van der Waals surface area contributed by atoms with Gasteiger partial charge >= 0.3 is 35.8 Å². The van der Waals surface area contributed by atoms with E-state index in [0.717, 1.165) is 0 Å². The molecule has 0 aromatic heterocycles. The Labute approximate surface area is 295 Å². The van der Waals surface area contributed by atoms with Crippen molar-refractivity contribution in [3.8, 4) is 0 Å². The lowest BCUT2D eigenvalue weighted by molar-refractivity contribution is -0.159. The summed E-state index contributed by atoms with van der Waals surface area (Å²) in [6, 6.07) is 0. The molecule has 2 atom stereocenters. The molecule has 50 heavy (non-hydrogen) atoms. The highest BCUT2D eigenvalue weighted by molar-refractivity contribution is 6.02. The highest BCUT2D eigenvalue weighted by Gasteiger charge is 2.35. The van der Waals surface area contributed by atoms with E-state index in [4.69, 9.17) is 28.4 Å². The fraction of sp³-hybridized carbons (Fsp3) is 0.778. The zero-order chi connectivity index (χ0) is 38.3. The molecule has 0 aliphatic rings. The van der Waals surface area contributed by atoms with Crippen molar-refractivity contribution >= 4 is 47.4 Å². The molecule has 0 aromatic carbocycles. The monoisotopic (exact) mass is 714 g/mol. The fourth-order valence-electron chi connectivity index (χ4n) is 4.44. The van der Waals surface area contributed by atoms with Crippen LogP contribution in [-0.2, 0) is 66.8 Å². The van der Waals surface area contributed by atoms with Crippen LogP contribution in [0, 0.1) is 22.7 Å². The Morgan fingerprint density at radius 1 is 0.400 bits per heavy atom. The van der Waals surface area contributed by atoms with Crippen LogP contribution in [0.15, 0.2) is 0 Å². The zero-order valence-electron chi connectivity index (χ0n) is 31.2. The van der Waals surface area contributed by atoms with Crippen LogP contribution >= 0.6 is 0 Å². The Kier molecular flexibility index (Phi) is 22.5. The average molecular weight is 715 g/mol. The summed E-state index contributed by atoms with van der Waals surface area (Å²) >= 11 is 0. The molecule has 14 heteroatoms. The van der Waals surface area contributed by atoms with E-state index in [9.17, 15) is 38.4 Å². The summed E-state index contributed by atoms with van der Waals surface area (Å²) in [6.45, 7) is 13.0. The standard InChI is InChI=1S/C36H58O14/c1-9-25(31(41)35(3,4)5)33(43)49-23-21-47-29(39)17-13-11-15-27(37)45-19-20-46-28(38)16-12-14-18-30(40)48-22-24-50-34(44)26(10-2)32(42)36(6,7)8/h25-26H,9-24H2,1-8H3. The van der Waals surface area contributed by atoms with E-state index < -0.39 is 58.5 Å². The van der Waals surface area contributed by atoms with Gasteiger partial charge in [0.25, 0.3) is 0 Å². The molecule has 0 aliphatic heterocycles. The summed E-state index contributed by atoms with van der Waals surface area (Å²) in [4.78, 5) is 96.6. The number of rotatable bonds is 25. The normalized spacial score (nSPS) is 12.6. The number of ketones is 2. The van der Waals surface area contributed by atoms with Gasteiger partial charge in [0.05, 0.1) is 0 Å². The maximum absolute atomic E-state index is 12.4. The Morgan fingerprint density at radius 2 is 0.620 bits per heavy atom. The molecule has 0 spiro atoms. The third kappa shape index (κ3) is 20.6. The summed E-state index contributed by atoms with van der Waals surface area (Å²) in [5.41, 5.74) is -1.34. The molecule has 0 heterocycles. The quantitative estimate of drug-likeness (QED) is 0.0549. The second-order valence-electron chi connectivity index (χ2n) is 13.8. The number of Topliss-reactive ketones (excluding diaryl/α,β-unsaturated/α-hetero) is 2. The first kappa shape index (κ1) is 46.2. The minimum absolute atomic E-state index is 0.0620. The summed E-state index contributed by atoms with van der Waals surface area (Å²) < 4.78 is 30.3. The van der Waals surface area contributed by atoms with Crippen LogP contribution < -0.4 is 0 Å². The van der Waals surface area contributed by atoms with Gasteiger partial charge < -0.3 is 28.4 Å². The van der Waals surface area contributed by atoms with Gasteiger partial charge in [0, 0.05) is 36.5 Å². The van der Waals surface area contributed by atoms with Crippen LogP contribution in [-0.4, -0.2) is 87.0 Å². The minimum Gasteiger partial charge on any atom is -0.462 e. The van der Waals surface area contributed by atoms with E-state index in [1.54, 1.807) is 55.4 Å². The highest BCUT2D eigenvalue weighted by Crippen LogP contribution is 2.24. The molecule has 0 saturated heterocycles. The third-order valence-electron chi connectivity index (χ3n) is 7.31. The van der Waals surface area contributed by atoms with Crippen LogP contribution in [0.25, 0.3) is 0 Å². The molecule has 0 bridgehead atoms. The van der Waals surface area contributed by atoms with Crippen molar-refractivity contribution < 1.29 is 66.8 Å². The number of carbonyl (C=O) groups excluding carboxylic acids is 8. The van der Waals surface area contributed by atoms with Crippen molar-refractivity contribution in [3.05, 3.63) is 0 Å². The topological polar surface area (TPSA) is 192 Å². The number of hydrogen-bond donors (Lipinski definition) is 0. The van der Waals surface area contributed by atoms with Crippen molar-refractivity contribution in [2.24, 2.45) is 22.7 Å². The first-order valence-corrected chi connectivity index (χ1v) is 17.4. The lowest BCUT2D eigenvalue weighted by atomic mass is 9.82. The molecular weight excluding hydrogens is 656 g/mol. The summed E-state index contributed by atoms with van der Waals surface area (Å²) in [7, 11) is 0. The molecule has 0 radical (unpaired) electrons. The molecule has 0 amide bonds. The van der Waals surface area contributed by atoms with Crippen LogP contribution in [0.1, 0.15) is 120 Å². The number of carbonyl (C=O) groups is 8. The van der Waals surface area contributed by atoms with Crippen LogP contribution in [0.2, 0.25) is 0 Å². The minimum atomic E-state index is -0.861. The zero-order valence-corrected chi connectivity index (χ0v) is 31.2. The lowest BCUT2D eigenvalue weighted by Gasteiger charge is -2.22. The van der Waals surface area contributed by atoms with Gasteiger partial charge in [-0.1, -0.05) is 55.4 Å². The predicted molar refractivity (Wildman–Crippen MR) is 179 cm³/mol. The Morgan fingerprint density at radius 3 is 0.820 bits per heavy atom. The van der Waals surface area contributed by atoms with Crippen LogP contribution in [0.5, 0.6) is 0 Å². The van der Waals surface area contributed by atoms with Crippen molar-refractivity contribution in [1.82, 2.24) is 0 Å². The molecule has 0 aromatic rings. The number of hydrogen-bond acceptors (Lipinski definition) is 14. The third-order valence-corrected chi connectivity index (χ3v) is 7.31. The molecule has 0 N–H and O–H groups in total. The van der Waals surface area contributed by atoms with E-state index >= 15 is 0 Å². The van der Waals surface area contributed by atoms with Gasteiger partial charge in [-0.3, -0.25) is 38.4 Å². The fourth-order valence-corrected chi connectivity index (χ4v) is 4.44. The number of unbranched alkanes of at least 4 members (excludes halogenated alkanes) is 2. The Hall–Kier alpha value is -3.84. The maximum Gasteiger partial charge on any atom is 0.316 e. The molecule has 14 nitrogen and oxygen atoms in total. The van der Waals surface area contributed by atoms with Gasteiger partial charge in [0.2, 0.25) is 0 Å². The first-order valence-electron chi connectivity index (χ1n) is 17.4. The largest absolute Gasteiger partial charge is 0.462 e. The smallest absolute Gasteiger partial charge is 0.316 e. The van der Waals surface area contributed by atoms with Gasteiger partial charge in [0.1, 0.15) is 51.5 Å². The SMILES string of the molecule is CCC(C(=O)OCCOC(=O)CCCCC(=O)OCCOC(=O)CCCCC(=O)OCCOC(=O)C(CC)C(=O)C(C)(C)C)C(=O)C(C)(C)C. The first-order chi connectivity index (χ1) is 23.3. The van der Waals surface area contributed by atoms with Crippen LogP contribution in [0.3, 0.4) is 0 Å². The maximum atomic E-state index is 12.4. The second kappa shape index (κ2) is 24.3. The van der Waals surface area contributed by atoms with Crippen molar-refractivity contribution in [3.63, 3.8) is 0 Å². The predicted octanol–water partition coefficient (Wildman–Crippen LogP) is 4.65. The Bertz CT molecular complexity index is 1040. The van der Waals surface area contributed by atoms with E-state index in [2.05, 4.69) is 0 Å². The second-order valence-corrected chi connectivity index (χ2v) is 13.8. The van der Waals surface area contributed by atoms with E-state index in [-0.39, 0.29) is 76.9 Å². The van der Waals surface area contributed by atoms with Crippen molar-refractivity contribution in [2.45, 2.75) is 120 Å². The van der Waals surface area contributed by atoms with Gasteiger partial charge in [-0.05, 0) is 38.5 Å². The van der Waals surface area contributed by atoms with E-state index in [1.165, 1.54) is 0 Å². The van der Waals surface area contributed by atoms with Gasteiger partial charge in [-0.2, -0.15) is 0 Å². The van der Waals surface area contributed by atoms with Gasteiger partial charge in [0.15, 0.2) is 11.6 Å². The molecule has 0 aliphatic carbocycles. The molecule has 286 valence electrons. The lowest BCUT2D eigenvalue weighted by Crippen LogP contribution is -2.34. The summed E-state index contributed by atoms with van der Waals surface area (Å²) in [5.74, 6) is -5.44. The highest BCUT2D eigenvalue weighted by atomic mass is 16.6. The van der Waals surface area contributed by atoms with E-state index in [1.807, 2.05) is 0 Å². The number of ether oxygens (including phenoxy) is 6. The molecule has 0 saturated carbocycles. The molecule has 0 fully saturated rings. The summed E-state index contributed by atoms with van der Waals surface area (Å²) in [6.07, 6.45) is 2.39. The Balaban J connectivity index is 3.89. The van der Waals surface area contributed by atoms with Gasteiger partial charge in [-0.25, -0.2) is 0 Å². The number of esters is 6. The molecular formula is C36H58O14. The summed E-state index contributed by atoms with van der Waals surface area (Å²) in [5, 5.41) is 0. The van der Waals surface area contributed by atoms with Crippen molar-refractivity contribution in [2.75, 3.05) is 39.6 Å². The molecule has 2 unspecified atom stereocenters. The van der Waals surface area contributed by atoms with E-state index in [0.29, 0.717) is 38.5 Å². The van der Waals surface area contributed by atoms with Crippen LogP contribution in [0.4, 0.5) is 0 Å². The average Bonchev–Trinajstić information content (AvgIpc) is 3.03. The molecule has 0 rings (SSSR count). The van der Waals surface area contributed by atoms with Gasteiger partial charge in [-0.15, -0.1) is 0 Å².